The zero-order valence-electron chi connectivity index (χ0n) is 10.6. The Labute approximate surface area is 131 Å². The Morgan fingerprint density at radius 2 is 1.80 bits per heavy atom. The fourth-order valence-corrected chi connectivity index (χ4v) is 4.40. The van der Waals surface area contributed by atoms with E-state index in [-0.39, 0.29) is 21.4 Å². The summed E-state index contributed by atoms with van der Waals surface area (Å²) in [5.41, 5.74) is 1.46. The Balaban J connectivity index is 2.60. The van der Waals surface area contributed by atoms with Crippen LogP contribution in [0.5, 0.6) is 0 Å². The Hall–Kier alpha value is -0.880. The fourth-order valence-electron chi connectivity index (χ4n) is 1.74. The van der Waals surface area contributed by atoms with E-state index >= 15 is 0 Å². The summed E-state index contributed by atoms with van der Waals surface area (Å²) in [6.07, 6.45) is 0. The van der Waals surface area contributed by atoms with Crippen molar-refractivity contribution in [1.82, 2.24) is 0 Å². The molecule has 0 aliphatic rings. The van der Waals surface area contributed by atoms with Crippen molar-refractivity contribution in [3.05, 3.63) is 57.0 Å². The van der Waals surface area contributed by atoms with Crippen LogP contribution in [-0.4, -0.2) is 13.5 Å². The molecule has 0 heterocycles. The molecular formula is C14H12BrClO3S. The van der Waals surface area contributed by atoms with Gasteiger partial charge in [0.1, 0.15) is 0 Å². The molecule has 0 saturated heterocycles. The van der Waals surface area contributed by atoms with Gasteiger partial charge in [0.25, 0.3) is 0 Å². The molecule has 0 aliphatic carbocycles. The molecular weight excluding hydrogens is 364 g/mol. The average molecular weight is 376 g/mol. The van der Waals surface area contributed by atoms with E-state index in [0.29, 0.717) is 10.0 Å². The zero-order valence-corrected chi connectivity index (χ0v) is 13.8. The van der Waals surface area contributed by atoms with Crippen molar-refractivity contribution in [2.45, 2.75) is 23.3 Å². The van der Waals surface area contributed by atoms with Gasteiger partial charge in [-0.15, -0.1) is 0 Å². The van der Waals surface area contributed by atoms with Gasteiger partial charge in [0.15, 0.2) is 0 Å². The van der Waals surface area contributed by atoms with Crippen LogP contribution in [0.15, 0.2) is 50.7 Å². The molecule has 1 N–H and O–H groups in total. The van der Waals surface area contributed by atoms with Crippen LogP contribution in [0.4, 0.5) is 0 Å². The van der Waals surface area contributed by atoms with E-state index in [0.717, 1.165) is 5.56 Å². The molecule has 2 rings (SSSR count). The predicted molar refractivity (Wildman–Crippen MR) is 81.7 cm³/mol. The first kappa shape index (κ1) is 15.5. The van der Waals surface area contributed by atoms with Crippen molar-refractivity contribution in [3.8, 4) is 0 Å². The highest BCUT2D eigenvalue weighted by atomic mass is 79.9. The molecule has 0 atom stereocenters. The van der Waals surface area contributed by atoms with E-state index < -0.39 is 9.84 Å². The van der Waals surface area contributed by atoms with Gasteiger partial charge >= 0.3 is 0 Å². The molecule has 0 spiro atoms. The maximum atomic E-state index is 12.6. The highest BCUT2D eigenvalue weighted by Gasteiger charge is 2.22. The van der Waals surface area contributed by atoms with Crippen molar-refractivity contribution in [1.29, 1.82) is 0 Å². The summed E-state index contributed by atoms with van der Waals surface area (Å²) in [5.74, 6) is 0. The normalized spacial score (nSPS) is 11.6. The van der Waals surface area contributed by atoms with E-state index in [4.69, 9.17) is 16.7 Å². The summed E-state index contributed by atoms with van der Waals surface area (Å²) in [5, 5.41) is 9.35. The topological polar surface area (TPSA) is 54.4 Å². The summed E-state index contributed by atoms with van der Waals surface area (Å²) in [7, 11) is -3.65. The van der Waals surface area contributed by atoms with Crippen LogP contribution in [0.1, 0.15) is 11.1 Å². The third kappa shape index (κ3) is 2.91. The molecule has 0 radical (unpaired) electrons. The number of benzene rings is 2. The summed E-state index contributed by atoms with van der Waals surface area (Å²) < 4.78 is 25.5. The highest BCUT2D eigenvalue weighted by Crippen LogP contribution is 2.32. The lowest BCUT2D eigenvalue weighted by molar-refractivity contribution is 0.282. The van der Waals surface area contributed by atoms with Gasteiger partial charge in [-0.3, -0.25) is 0 Å². The largest absolute Gasteiger partial charge is 0.392 e. The monoisotopic (exact) mass is 374 g/mol. The van der Waals surface area contributed by atoms with Crippen LogP contribution in [0.25, 0.3) is 0 Å². The lowest BCUT2D eigenvalue weighted by atomic mass is 10.2. The number of aryl methyl sites for hydroxylation is 1. The van der Waals surface area contributed by atoms with E-state index in [1.807, 2.05) is 6.92 Å². The van der Waals surface area contributed by atoms with Gasteiger partial charge in [0.2, 0.25) is 9.84 Å². The summed E-state index contributed by atoms with van der Waals surface area (Å²) >= 11 is 9.20. The number of aliphatic hydroxyl groups is 1. The molecule has 0 amide bonds. The first-order chi connectivity index (χ1) is 9.36. The first-order valence-electron chi connectivity index (χ1n) is 5.77. The van der Waals surface area contributed by atoms with Gasteiger partial charge in [-0.25, -0.2) is 8.42 Å². The van der Waals surface area contributed by atoms with Crippen LogP contribution in [0.2, 0.25) is 5.02 Å². The molecule has 3 nitrogen and oxygen atoms in total. The van der Waals surface area contributed by atoms with Crippen molar-refractivity contribution in [2.24, 2.45) is 0 Å². The molecule has 0 bridgehead atoms. The third-order valence-corrected chi connectivity index (χ3v) is 5.97. The van der Waals surface area contributed by atoms with Crippen LogP contribution in [0, 0.1) is 6.92 Å². The first-order valence-corrected chi connectivity index (χ1v) is 8.42. The van der Waals surface area contributed by atoms with E-state index in [1.165, 1.54) is 12.1 Å². The minimum Gasteiger partial charge on any atom is -0.392 e. The van der Waals surface area contributed by atoms with Gasteiger partial charge in [0, 0.05) is 9.50 Å². The Bertz CT molecular complexity index is 740. The van der Waals surface area contributed by atoms with Crippen LogP contribution >= 0.6 is 27.5 Å². The smallest absolute Gasteiger partial charge is 0.207 e. The number of aliphatic hydroxyl groups excluding tert-OH is 1. The second-order valence-electron chi connectivity index (χ2n) is 4.35. The van der Waals surface area contributed by atoms with Gasteiger partial charge in [-0.05, 0) is 52.7 Å². The summed E-state index contributed by atoms with van der Waals surface area (Å²) in [6.45, 7) is 1.64. The number of hydrogen-bond acceptors (Lipinski definition) is 3. The fraction of sp³-hybridized carbons (Fsp3) is 0.143. The third-order valence-electron chi connectivity index (χ3n) is 2.89. The maximum absolute atomic E-state index is 12.6. The lowest BCUT2D eigenvalue weighted by Gasteiger charge is -2.10. The second-order valence-corrected chi connectivity index (χ2v) is 7.53. The number of sulfone groups is 1. The maximum Gasteiger partial charge on any atom is 0.207 e. The van der Waals surface area contributed by atoms with Crippen molar-refractivity contribution >= 4 is 37.4 Å². The number of rotatable bonds is 3. The SMILES string of the molecule is Cc1ccc(S(=O)(=O)c2cc(Cl)c(CO)cc2Br)cc1. The van der Waals surface area contributed by atoms with Gasteiger partial charge in [-0.1, -0.05) is 29.3 Å². The van der Waals surface area contributed by atoms with Crippen molar-refractivity contribution in [2.75, 3.05) is 0 Å². The highest BCUT2D eigenvalue weighted by molar-refractivity contribution is 9.10. The van der Waals surface area contributed by atoms with Crippen molar-refractivity contribution in [3.63, 3.8) is 0 Å². The quantitative estimate of drug-likeness (QED) is 0.889. The Morgan fingerprint density at radius 3 is 2.35 bits per heavy atom. The minimum absolute atomic E-state index is 0.0866. The van der Waals surface area contributed by atoms with Crippen molar-refractivity contribution < 1.29 is 13.5 Å². The molecule has 106 valence electrons. The van der Waals surface area contributed by atoms with Gasteiger partial charge in [0.05, 0.1) is 16.4 Å². The van der Waals surface area contributed by atoms with E-state index in [1.54, 1.807) is 24.3 Å². The Kier molecular flexibility index (Phi) is 4.54. The molecule has 0 unspecified atom stereocenters. The molecule has 0 aliphatic heterocycles. The molecule has 20 heavy (non-hydrogen) atoms. The van der Waals surface area contributed by atoms with Crippen LogP contribution in [-0.2, 0) is 16.4 Å². The number of halogens is 2. The average Bonchev–Trinajstić information content (AvgIpc) is 2.41. The second kappa shape index (κ2) is 5.85. The van der Waals surface area contributed by atoms with Gasteiger partial charge < -0.3 is 5.11 Å². The van der Waals surface area contributed by atoms with Crippen LogP contribution in [0.3, 0.4) is 0 Å². The summed E-state index contributed by atoms with van der Waals surface area (Å²) in [6, 6.07) is 9.47. The molecule has 2 aromatic carbocycles. The van der Waals surface area contributed by atoms with E-state index in [9.17, 15) is 8.42 Å². The lowest BCUT2D eigenvalue weighted by Crippen LogP contribution is -2.04. The molecule has 0 aromatic heterocycles. The van der Waals surface area contributed by atoms with Gasteiger partial charge in [-0.2, -0.15) is 0 Å². The van der Waals surface area contributed by atoms with Crippen LogP contribution < -0.4 is 0 Å². The molecule has 2 aromatic rings. The standard InChI is InChI=1S/C14H12BrClO3S/c1-9-2-4-11(5-3-9)20(18,19)14-7-13(16)10(8-17)6-12(14)15/h2-7,17H,8H2,1H3. The minimum atomic E-state index is -3.65. The molecule has 0 saturated carbocycles. The Morgan fingerprint density at radius 1 is 1.20 bits per heavy atom. The molecule has 0 fully saturated rings. The predicted octanol–water partition coefficient (Wildman–Crippen LogP) is 3.74. The zero-order chi connectivity index (χ0) is 14.9. The van der Waals surface area contributed by atoms with E-state index in [2.05, 4.69) is 15.9 Å². The summed E-state index contributed by atoms with van der Waals surface area (Å²) in [4.78, 5) is 0.292. The number of hydrogen-bond donors (Lipinski definition) is 1. The molecule has 6 heteroatoms.